The minimum absolute atomic E-state index is 0.102. The van der Waals surface area contributed by atoms with Gasteiger partial charge in [-0.05, 0) is 107 Å². The lowest BCUT2D eigenvalue weighted by atomic mass is 9.49. The number of fused-ring (bicyclic) bond motifs is 1. The van der Waals surface area contributed by atoms with Crippen LogP contribution >= 0.6 is 0 Å². The third-order valence-electron chi connectivity index (χ3n) is 9.31. The second-order valence-corrected chi connectivity index (χ2v) is 12.5. The molecule has 0 radical (unpaired) electrons. The SMILES string of the molecule is CC(C)(O)C1CCCCN1C(=O)c1cn2c(C(=O)NCC34CC5CC(CC(C5)C3)C4)cccc2n1. The maximum absolute atomic E-state index is 13.4. The molecule has 4 aliphatic carbocycles. The summed E-state index contributed by atoms with van der Waals surface area (Å²) in [6, 6.07) is 5.22. The van der Waals surface area contributed by atoms with Crippen LogP contribution in [-0.4, -0.2) is 55.9 Å². The van der Waals surface area contributed by atoms with Gasteiger partial charge >= 0.3 is 0 Å². The fourth-order valence-electron chi connectivity index (χ4n) is 8.22. The second-order valence-electron chi connectivity index (χ2n) is 12.5. The molecule has 1 unspecified atom stereocenters. The number of piperidine rings is 1. The topological polar surface area (TPSA) is 86.9 Å². The zero-order valence-corrected chi connectivity index (χ0v) is 21.0. The molecule has 5 aliphatic rings. The molecule has 4 bridgehead atoms. The molecule has 7 heteroatoms. The Hall–Kier alpha value is -2.41. The van der Waals surface area contributed by atoms with Crippen LogP contribution < -0.4 is 5.32 Å². The first-order valence-corrected chi connectivity index (χ1v) is 13.5. The van der Waals surface area contributed by atoms with Gasteiger partial charge in [0.25, 0.3) is 11.8 Å². The van der Waals surface area contributed by atoms with Crippen molar-refractivity contribution in [3.63, 3.8) is 0 Å². The van der Waals surface area contributed by atoms with E-state index in [0.29, 0.717) is 23.6 Å². The average molecular weight is 479 g/mol. The summed E-state index contributed by atoms with van der Waals surface area (Å²) in [4.78, 5) is 33.1. The largest absolute Gasteiger partial charge is 0.388 e. The van der Waals surface area contributed by atoms with Gasteiger partial charge < -0.3 is 15.3 Å². The Bertz CT molecular complexity index is 1110. The summed E-state index contributed by atoms with van der Waals surface area (Å²) >= 11 is 0. The Morgan fingerprint density at radius 3 is 2.46 bits per heavy atom. The highest BCUT2D eigenvalue weighted by Gasteiger charge is 2.50. The molecule has 4 saturated carbocycles. The zero-order chi connectivity index (χ0) is 24.4. The molecule has 2 aromatic heterocycles. The van der Waals surface area contributed by atoms with Crippen LogP contribution in [0.15, 0.2) is 24.4 Å². The quantitative estimate of drug-likeness (QED) is 0.679. The van der Waals surface area contributed by atoms with Crippen LogP contribution in [0.2, 0.25) is 0 Å². The molecule has 0 aromatic carbocycles. The number of amides is 2. The summed E-state index contributed by atoms with van der Waals surface area (Å²) in [7, 11) is 0. The maximum atomic E-state index is 13.4. The smallest absolute Gasteiger partial charge is 0.274 e. The lowest BCUT2D eigenvalue weighted by Crippen LogP contribution is -2.54. The highest BCUT2D eigenvalue weighted by Crippen LogP contribution is 2.59. The van der Waals surface area contributed by atoms with Crippen LogP contribution in [0.4, 0.5) is 0 Å². The van der Waals surface area contributed by atoms with Crippen molar-refractivity contribution in [3.05, 3.63) is 35.8 Å². The molecule has 7 nitrogen and oxygen atoms in total. The predicted octanol–water partition coefficient (Wildman–Crippen LogP) is 4.05. The van der Waals surface area contributed by atoms with E-state index in [4.69, 9.17) is 0 Å². The minimum atomic E-state index is -0.975. The van der Waals surface area contributed by atoms with Crippen LogP contribution in [0.1, 0.15) is 92.6 Å². The van der Waals surface area contributed by atoms with E-state index in [0.717, 1.165) is 43.6 Å². The van der Waals surface area contributed by atoms with Crippen molar-refractivity contribution in [1.82, 2.24) is 19.6 Å². The van der Waals surface area contributed by atoms with Crippen molar-refractivity contribution in [2.75, 3.05) is 13.1 Å². The van der Waals surface area contributed by atoms with Gasteiger partial charge in [0, 0.05) is 19.3 Å². The zero-order valence-electron chi connectivity index (χ0n) is 21.0. The van der Waals surface area contributed by atoms with E-state index in [-0.39, 0.29) is 23.3 Å². The van der Waals surface area contributed by atoms with Crippen molar-refractivity contribution < 1.29 is 14.7 Å². The van der Waals surface area contributed by atoms with Crippen LogP contribution in [0.5, 0.6) is 0 Å². The summed E-state index contributed by atoms with van der Waals surface area (Å²) < 4.78 is 1.74. The van der Waals surface area contributed by atoms with E-state index in [1.165, 1.54) is 38.5 Å². The van der Waals surface area contributed by atoms with Gasteiger partial charge in [0.05, 0.1) is 11.6 Å². The summed E-state index contributed by atoms with van der Waals surface area (Å²) in [5, 5.41) is 13.9. The molecule has 2 aromatic rings. The number of likely N-dealkylation sites (tertiary alicyclic amines) is 1. The molecule has 1 atom stereocenters. The number of nitrogens with one attached hydrogen (secondary N) is 1. The average Bonchev–Trinajstić information content (AvgIpc) is 3.25. The summed E-state index contributed by atoms with van der Waals surface area (Å²) in [6.07, 6.45) is 12.3. The maximum Gasteiger partial charge on any atom is 0.274 e. The lowest BCUT2D eigenvalue weighted by Gasteiger charge is -2.56. The third kappa shape index (κ3) is 4.15. The van der Waals surface area contributed by atoms with E-state index in [1.54, 1.807) is 35.4 Å². The van der Waals surface area contributed by atoms with Crippen LogP contribution in [0, 0.1) is 23.2 Å². The van der Waals surface area contributed by atoms with Crippen LogP contribution in [-0.2, 0) is 0 Å². The van der Waals surface area contributed by atoms with Gasteiger partial charge in [-0.3, -0.25) is 14.0 Å². The number of rotatable bonds is 5. The number of carbonyl (C=O) groups excluding carboxylic acids is 2. The van der Waals surface area contributed by atoms with Crippen molar-refractivity contribution in [1.29, 1.82) is 0 Å². The van der Waals surface area contributed by atoms with Crippen molar-refractivity contribution in [2.24, 2.45) is 23.2 Å². The number of aromatic nitrogens is 2. The van der Waals surface area contributed by atoms with Crippen molar-refractivity contribution in [3.8, 4) is 0 Å². The number of aliphatic hydroxyl groups is 1. The minimum Gasteiger partial charge on any atom is -0.388 e. The second kappa shape index (κ2) is 8.32. The first-order chi connectivity index (χ1) is 16.7. The van der Waals surface area contributed by atoms with Crippen molar-refractivity contribution in [2.45, 2.75) is 83.3 Å². The highest BCUT2D eigenvalue weighted by molar-refractivity contribution is 5.95. The van der Waals surface area contributed by atoms with E-state index >= 15 is 0 Å². The van der Waals surface area contributed by atoms with Gasteiger partial charge in [-0.1, -0.05) is 6.07 Å². The number of imidazole rings is 1. The molecule has 2 N–H and O–H groups in total. The number of carbonyl (C=O) groups is 2. The van der Waals surface area contributed by atoms with E-state index in [1.807, 2.05) is 12.1 Å². The van der Waals surface area contributed by atoms with Gasteiger partial charge in [0.15, 0.2) is 0 Å². The van der Waals surface area contributed by atoms with E-state index in [2.05, 4.69) is 10.3 Å². The predicted molar refractivity (Wildman–Crippen MR) is 133 cm³/mol. The molecular formula is C28H38N4O3. The summed E-state index contributed by atoms with van der Waals surface area (Å²) in [5.41, 5.74) is 0.721. The Labute approximate surface area is 207 Å². The van der Waals surface area contributed by atoms with Gasteiger partial charge in [-0.25, -0.2) is 4.98 Å². The molecule has 7 rings (SSSR count). The number of hydrogen-bond donors (Lipinski definition) is 2. The molecular weight excluding hydrogens is 440 g/mol. The normalized spacial score (nSPS) is 32.3. The fourth-order valence-corrected chi connectivity index (χ4v) is 8.22. The van der Waals surface area contributed by atoms with Crippen LogP contribution in [0.3, 0.4) is 0 Å². The molecule has 3 heterocycles. The molecule has 2 amide bonds. The monoisotopic (exact) mass is 478 g/mol. The molecule has 5 fully saturated rings. The van der Waals surface area contributed by atoms with Crippen LogP contribution in [0.25, 0.3) is 5.65 Å². The first kappa shape index (κ1) is 23.0. The first-order valence-electron chi connectivity index (χ1n) is 13.5. The van der Waals surface area contributed by atoms with Gasteiger partial charge in [-0.15, -0.1) is 0 Å². The fraction of sp³-hybridized carbons (Fsp3) is 0.679. The van der Waals surface area contributed by atoms with E-state index in [9.17, 15) is 14.7 Å². The van der Waals surface area contributed by atoms with Gasteiger partial charge in [-0.2, -0.15) is 0 Å². The molecule has 1 saturated heterocycles. The Kier molecular flexibility index (Phi) is 5.47. The lowest BCUT2D eigenvalue weighted by molar-refractivity contribution is -0.0503. The summed E-state index contributed by atoms with van der Waals surface area (Å²) in [5.74, 6) is 2.28. The molecule has 188 valence electrons. The third-order valence-corrected chi connectivity index (χ3v) is 9.31. The number of nitrogens with zero attached hydrogens (tertiary/aromatic N) is 3. The van der Waals surface area contributed by atoms with Gasteiger partial charge in [0.1, 0.15) is 17.0 Å². The Balaban J connectivity index is 1.21. The Morgan fingerprint density at radius 2 is 1.80 bits per heavy atom. The standard InChI is InChI=1S/C28H38N4O3/c1-27(2,35)23-7-3-4-9-31(23)26(34)21-16-32-22(6-5-8-24(32)30-21)25(33)29-17-28-13-18-10-19(14-28)12-20(11-18)15-28/h5-6,8,16,18-20,23,35H,3-4,7,9-15,17H2,1-2H3,(H,29,33). The number of pyridine rings is 1. The summed E-state index contributed by atoms with van der Waals surface area (Å²) in [6.45, 7) is 4.88. The van der Waals surface area contributed by atoms with E-state index < -0.39 is 5.60 Å². The molecule has 1 aliphatic heterocycles. The Morgan fingerprint density at radius 1 is 1.11 bits per heavy atom. The van der Waals surface area contributed by atoms with Crippen molar-refractivity contribution >= 4 is 17.5 Å². The molecule has 35 heavy (non-hydrogen) atoms. The molecule has 0 spiro atoms. The number of hydrogen-bond acceptors (Lipinski definition) is 4. The highest BCUT2D eigenvalue weighted by atomic mass is 16.3. The van der Waals surface area contributed by atoms with Gasteiger partial charge in [0.2, 0.25) is 0 Å².